The molecule has 0 heterocycles. The van der Waals surface area contributed by atoms with E-state index < -0.39 is 0 Å². The molecule has 0 aromatic rings. The van der Waals surface area contributed by atoms with Crippen LogP contribution >= 0.6 is 0 Å². The molecule has 0 bridgehead atoms. The van der Waals surface area contributed by atoms with Gasteiger partial charge in [-0.3, -0.25) is 0 Å². The monoisotopic (exact) mass is 172 g/mol. The van der Waals surface area contributed by atoms with Crippen molar-refractivity contribution in [2.75, 3.05) is 0 Å². The molecular weight excluding hydrogens is 152 g/mol. The van der Waals surface area contributed by atoms with Crippen molar-refractivity contribution in [3.8, 4) is 0 Å². The summed E-state index contributed by atoms with van der Waals surface area (Å²) in [6.45, 7) is 8.33. The second-order valence-corrected chi connectivity index (χ2v) is 4.42. The second kappa shape index (κ2) is 3.35. The summed E-state index contributed by atoms with van der Waals surface area (Å²) >= 11 is 0. The molecule has 0 radical (unpaired) electrons. The van der Waals surface area contributed by atoms with Crippen LogP contribution in [0.2, 0.25) is 0 Å². The molecule has 3 atom stereocenters. The van der Waals surface area contributed by atoms with Crippen molar-refractivity contribution in [1.29, 1.82) is 0 Å². The Hall–Kier alpha value is -0.0800. The van der Waals surface area contributed by atoms with Crippen molar-refractivity contribution in [2.24, 2.45) is 5.41 Å². The van der Waals surface area contributed by atoms with E-state index in [2.05, 4.69) is 27.7 Å². The van der Waals surface area contributed by atoms with Gasteiger partial charge in [-0.1, -0.05) is 20.8 Å². The van der Waals surface area contributed by atoms with E-state index >= 15 is 0 Å². The van der Waals surface area contributed by atoms with Crippen molar-refractivity contribution in [1.82, 2.24) is 0 Å². The van der Waals surface area contributed by atoms with Crippen molar-refractivity contribution >= 4 is 0 Å². The van der Waals surface area contributed by atoms with E-state index in [-0.39, 0.29) is 17.6 Å². The van der Waals surface area contributed by atoms with E-state index in [1.54, 1.807) is 0 Å². The van der Waals surface area contributed by atoms with Crippen LogP contribution in [0.1, 0.15) is 40.5 Å². The Kier molecular flexibility index (Phi) is 2.79. The van der Waals surface area contributed by atoms with Crippen LogP contribution in [-0.4, -0.2) is 23.4 Å². The normalized spacial score (nSPS) is 35.8. The first kappa shape index (κ1) is 10.0. The Morgan fingerprint density at radius 3 is 2.50 bits per heavy atom. The minimum Gasteiger partial charge on any atom is -0.392 e. The van der Waals surface area contributed by atoms with Gasteiger partial charge in [0.2, 0.25) is 0 Å². The van der Waals surface area contributed by atoms with E-state index in [1.165, 1.54) is 0 Å². The highest BCUT2D eigenvalue weighted by atomic mass is 16.5. The van der Waals surface area contributed by atoms with Crippen molar-refractivity contribution in [2.45, 2.75) is 58.8 Å². The fourth-order valence-electron chi connectivity index (χ4n) is 1.47. The van der Waals surface area contributed by atoms with Crippen LogP contribution in [-0.2, 0) is 4.74 Å². The first-order chi connectivity index (χ1) is 5.48. The third kappa shape index (κ3) is 1.64. The average Bonchev–Trinajstić information content (AvgIpc) is 2.03. The molecule has 0 amide bonds. The average molecular weight is 172 g/mol. The lowest BCUT2D eigenvalue weighted by atomic mass is 9.66. The molecule has 3 unspecified atom stereocenters. The van der Waals surface area contributed by atoms with Crippen LogP contribution in [0.25, 0.3) is 0 Å². The highest BCUT2D eigenvalue weighted by Gasteiger charge is 2.48. The molecule has 2 nitrogen and oxygen atoms in total. The van der Waals surface area contributed by atoms with Crippen molar-refractivity contribution in [3.05, 3.63) is 0 Å². The van der Waals surface area contributed by atoms with Gasteiger partial charge in [0.15, 0.2) is 0 Å². The van der Waals surface area contributed by atoms with Crippen LogP contribution in [0.3, 0.4) is 0 Å². The fourth-order valence-corrected chi connectivity index (χ4v) is 1.47. The maximum atomic E-state index is 9.45. The summed E-state index contributed by atoms with van der Waals surface area (Å²) in [4.78, 5) is 0. The quantitative estimate of drug-likeness (QED) is 0.705. The van der Waals surface area contributed by atoms with Gasteiger partial charge in [-0.25, -0.2) is 0 Å². The van der Waals surface area contributed by atoms with Crippen LogP contribution in [0.15, 0.2) is 0 Å². The molecule has 1 fully saturated rings. The van der Waals surface area contributed by atoms with Gasteiger partial charge in [0.1, 0.15) is 0 Å². The Balaban J connectivity index is 2.37. The first-order valence-electron chi connectivity index (χ1n) is 4.82. The lowest BCUT2D eigenvalue weighted by molar-refractivity contribution is -0.192. The largest absolute Gasteiger partial charge is 0.392 e. The standard InChI is InChI=1S/C10H20O2/c1-5-7(2)12-9-6-8(11)10(9,3)4/h7-9,11H,5-6H2,1-4H3. The van der Waals surface area contributed by atoms with E-state index in [1.807, 2.05) is 0 Å². The zero-order valence-electron chi connectivity index (χ0n) is 8.50. The lowest BCUT2D eigenvalue weighted by Crippen LogP contribution is -2.55. The summed E-state index contributed by atoms with van der Waals surface area (Å²) in [6.07, 6.45) is 2.25. The molecule has 1 N–H and O–H groups in total. The van der Waals surface area contributed by atoms with E-state index in [0.717, 1.165) is 12.8 Å². The van der Waals surface area contributed by atoms with Gasteiger partial charge in [-0.05, 0) is 13.3 Å². The number of aliphatic hydroxyl groups excluding tert-OH is 1. The van der Waals surface area contributed by atoms with E-state index in [0.29, 0.717) is 6.10 Å². The van der Waals surface area contributed by atoms with Crippen LogP contribution in [0.4, 0.5) is 0 Å². The summed E-state index contributed by atoms with van der Waals surface area (Å²) in [5.74, 6) is 0. The maximum absolute atomic E-state index is 9.45. The Bertz CT molecular complexity index is 154. The molecule has 12 heavy (non-hydrogen) atoms. The van der Waals surface area contributed by atoms with Gasteiger partial charge in [0, 0.05) is 11.8 Å². The smallest absolute Gasteiger partial charge is 0.0679 e. The minimum atomic E-state index is -0.174. The Morgan fingerprint density at radius 2 is 2.17 bits per heavy atom. The second-order valence-electron chi connectivity index (χ2n) is 4.42. The fraction of sp³-hybridized carbons (Fsp3) is 1.00. The Morgan fingerprint density at radius 1 is 1.58 bits per heavy atom. The summed E-state index contributed by atoms with van der Waals surface area (Å²) in [5.41, 5.74) is -0.0383. The predicted molar refractivity (Wildman–Crippen MR) is 49.0 cm³/mol. The van der Waals surface area contributed by atoms with E-state index in [4.69, 9.17) is 4.74 Å². The number of hydrogen-bond acceptors (Lipinski definition) is 2. The maximum Gasteiger partial charge on any atom is 0.0679 e. The van der Waals surface area contributed by atoms with Crippen LogP contribution in [0.5, 0.6) is 0 Å². The van der Waals surface area contributed by atoms with Crippen LogP contribution < -0.4 is 0 Å². The zero-order valence-corrected chi connectivity index (χ0v) is 8.50. The van der Waals surface area contributed by atoms with Crippen LogP contribution in [0, 0.1) is 5.41 Å². The topological polar surface area (TPSA) is 29.5 Å². The molecule has 2 heteroatoms. The molecule has 0 aromatic carbocycles. The van der Waals surface area contributed by atoms with Crippen molar-refractivity contribution in [3.63, 3.8) is 0 Å². The molecule has 1 aliphatic rings. The number of rotatable bonds is 3. The molecule has 1 rings (SSSR count). The third-order valence-electron chi connectivity index (χ3n) is 3.10. The SMILES string of the molecule is CCC(C)OC1CC(O)C1(C)C. The zero-order chi connectivity index (χ0) is 9.35. The molecule has 1 aliphatic carbocycles. The van der Waals surface area contributed by atoms with Crippen molar-refractivity contribution < 1.29 is 9.84 Å². The molecule has 1 saturated carbocycles. The lowest BCUT2D eigenvalue weighted by Gasteiger charge is -2.49. The van der Waals surface area contributed by atoms with Gasteiger partial charge < -0.3 is 9.84 Å². The summed E-state index contributed by atoms with van der Waals surface area (Å²) in [5, 5.41) is 9.45. The first-order valence-corrected chi connectivity index (χ1v) is 4.82. The van der Waals surface area contributed by atoms with E-state index in [9.17, 15) is 5.11 Å². The number of aliphatic hydroxyl groups is 1. The third-order valence-corrected chi connectivity index (χ3v) is 3.10. The molecule has 72 valence electrons. The Labute approximate surface area is 74.9 Å². The van der Waals surface area contributed by atoms with Gasteiger partial charge in [-0.2, -0.15) is 0 Å². The number of ether oxygens (including phenoxy) is 1. The molecule has 0 spiro atoms. The van der Waals surface area contributed by atoms with Gasteiger partial charge in [0.05, 0.1) is 18.3 Å². The summed E-state index contributed by atoms with van der Waals surface area (Å²) < 4.78 is 5.76. The highest BCUT2D eigenvalue weighted by molar-refractivity contribution is 4.98. The molecule has 0 aliphatic heterocycles. The predicted octanol–water partition coefficient (Wildman–Crippen LogP) is 1.96. The highest BCUT2D eigenvalue weighted by Crippen LogP contribution is 2.43. The molecular formula is C10H20O2. The van der Waals surface area contributed by atoms with Gasteiger partial charge >= 0.3 is 0 Å². The van der Waals surface area contributed by atoms with Gasteiger partial charge in [-0.15, -0.1) is 0 Å². The summed E-state index contributed by atoms with van der Waals surface area (Å²) in [7, 11) is 0. The van der Waals surface area contributed by atoms with Gasteiger partial charge in [0.25, 0.3) is 0 Å². The molecule has 0 saturated heterocycles. The number of hydrogen-bond donors (Lipinski definition) is 1. The molecule has 0 aromatic heterocycles. The summed E-state index contributed by atoms with van der Waals surface area (Å²) in [6, 6.07) is 0. The minimum absolute atomic E-state index is 0.0383.